The highest BCUT2D eigenvalue weighted by molar-refractivity contribution is 6.03. The van der Waals surface area contributed by atoms with Crippen molar-refractivity contribution in [1.82, 2.24) is 10.6 Å². The van der Waals surface area contributed by atoms with Crippen molar-refractivity contribution in [3.63, 3.8) is 0 Å². The van der Waals surface area contributed by atoms with E-state index in [0.29, 0.717) is 17.9 Å². The SMILES string of the molecule is O=C(N[C@H](NCc1ccco1)C(=O)c1ccccc1)c1ccco1. The lowest BCUT2D eigenvalue weighted by Crippen LogP contribution is -2.50. The number of ketones is 1. The summed E-state index contributed by atoms with van der Waals surface area (Å²) in [4.78, 5) is 24.9. The van der Waals surface area contributed by atoms with Gasteiger partial charge in [-0.1, -0.05) is 30.3 Å². The van der Waals surface area contributed by atoms with Crippen LogP contribution in [0.15, 0.2) is 76.0 Å². The molecule has 0 aliphatic rings. The van der Waals surface area contributed by atoms with Gasteiger partial charge in [-0.15, -0.1) is 0 Å². The Kier molecular flexibility index (Phi) is 4.88. The van der Waals surface area contributed by atoms with Gasteiger partial charge in [0.25, 0.3) is 5.91 Å². The number of Topliss-reactive ketones (excluding diaryl/α,β-unsaturated/α-hetero) is 1. The van der Waals surface area contributed by atoms with Crippen molar-refractivity contribution in [3.05, 3.63) is 84.2 Å². The molecule has 0 radical (unpaired) electrons. The van der Waals surface area contributed by atoms with E-state index in [4.69, 9.17) is 8.83 Å². The van der Waals surface area contributed by atoms with Gasteiger partial charge in [0, 0.05) is 5.56 Å². The van der Waals surface area contributed by atoms with Gasteiger partial charge in [0.2, 0.25) is 0 Å². The van der Waals surface area contributed by atoms with Crippen LogP contribution in [0, 0.1) is 0 Å². The summed E-state index contributed by atoms with van der Waals surface area (Å²) < 4.78 is 10.3. The van der Waals surface area contributed by atoms with Crippen LogP contribution in [0.5, 0.6) is 0 Å². The van der Waals surface area contributed by atoms with Gasteiger partial charge in [0.1, 0.15) is 11.9 Å². The van der Waals surface area contributed by atoms with Crippen molar-refractivity contribution in [2.24, 2.45) is 0 Å². The zero-order valence-electron chi connectivity index (χ0n) is 12.8. The molecule has 1 atom stereocenters. The first-order chi connectivity index (χ1) is 11.7. The average Bonchev–Trinajstić information content (AvgIpc) is 3.32. The van der Waals surface area contributed by atoms with Crippen molar-refractivity contribution in [2.75, 3.05) is 0 Å². The van der Waals surface area contributed by atoms with Crippen LogP contribution in [-0.2, 0) is 6.54 Å². The molecule has 1 aromatic carbocycles. The maximum absolute atomic E-state index is 12.7. The van der Waals surface area contributed by atoms with E-state index in [1.54, 1.807) is 48.7 Å². The number of benzene rings is 1. The molecule has 6 heteroatoms. The molecule has 2 N–H and O–H groups in total. The third-order valence-corrected chi connectivity index (χ3v) is 3.40. The van der Waals surface area contributed by atoms with E-state index in [2.05, 4.69) is 10.6 Å². The molecule has 2 heterocycles. The highest BCUT2D eigenvalue weighted by Gasteiger charge is 2.23. The molecule has 0 aliphatic carbocycles. The first-order valence-electron chi connectivity index (χ1n) is 7.43. The largest absolute Gasteiger partial charge is 0.468 e. The monoisotopic (exact) mass is 324 g/mol. The molecule has 2 aromatic heterocycles. The standard InChI is InChI=1S/C18H16N2O4/c21-16(13-6-2-1-3-7-13)17(19-12-14-8-4-10-23-14)20-18(22)15-9-5-11-24-15/h1-11,17,19H,12H2,(H,20,22)/t17-/m0/s1. The summed E-state index contributed by atoms with van der Waals surface area (Å²) in [5.74, 6) is 0.0806. The smallest absolute Gasteiger partial charge is 0.288 e. The van der Waals surface area contributed by atoms with E-state index in [-0.39, 0.29) is 11.5 Å². The number of carbonyl (C=O) groups excluding carboxylic acids is 2. The zero-order valence-corrected chi connectivity index (χ0v) is 12.8. The van der Waals surface area contributed by atoms with Gasteiger partial charge in [-0.2, -0.15) is 0 Å². The van der Waals surface area contributed by atoms with E-state index in [0.717, 1.165) is 0 Å². The van der Waals surface area contributed by atoms with Crippen molar-refractivity contribution < 1.29 is 18.4 Å². The van der Waals surface area contributed by atoms with Crippen LogP contribution in [0.25, 0.3) is 0 Å². The summed E-state index contributed by atoms with van der Waals surface area (Å²) >= 11 is 0. The second-order valence-corrected chi connectivity index (χ2v) is 5.07. The maximum atomic E-state index is 12.7. The Morgan fingerprint density at radius 3 is 2.33 bits per heavy atom. The molecule has 0 saturated heterocycles. The Bertz CT molecular complexity index is 780. The van der Waals surface area contributed by atoms with E-state index >= 15 is 0 Å². The Hall–Kier alpha value is -3.12. The van der Waals surface area contributed by atoms with Crippen LogP contribution >= 0.6 is 0 Å². The molecule has 3 rings (SSSR count). The number of furan rings is 2. The van der Waals surface area contributed by atoms with E-state index in [1.165, 1.54) is 12.3 Å². The summed E-state index contributed by atoms with van der Waals surface area (Å²) in [7, 11) is 0. The van der Waals surface area contributed by atoms with Crippen molar-refractivity contribution in [2.45, 2.75) is 12.7 Å². The molecule has 122 valence electrons. The quantitative estimate of drug-likeness (QED) is 0.515. The third-order valence-electron chi connectivity index (χ3n) is 3.40. The highest BCUT2D eigenvalue weighted by Crippen LogP contribution is 2.06. The molecule has 24 heavy (non-hydrogen) atoms. The Morgan fingerprint density at radius 2 is 1.67 bits per heavy atom. The summed E-state index contributed by atoms with van der Waals surface area (Å²) in [5.41, 5.74) is 0.495. The van der Waals surface area contributed by atoms with Crippen LogP contribution < -0.4 is 10.6 Å². The summed E-state index contributed by atoms with van der Waals surface area (Å²) in [6.45, 7) is 0.300. The predicted molar refractivity (Wildman–Crippen MR) is 86.3 cm³/mol. The first kappa shape index (κ1) is 15.8. The molecular formula is C18H16N2O4. The molecule has 0 spiro atoms. The second kappa shape index (κ2) is 7.43. The molecule has 0 unspecified atom stereocenters. The van der Waals surface area contributed by atoms with Crippen LogP contribution in [0.3, 0.4) is 0 Å². The van der Waals surface area contributed by atoms with Crippen molar-refractivity contribution in [3.8, 4) is 0 Å². The molecule has 1 amide bonds. The summed E-state index contributed by atoms with van der Waals surface area (Å²) in [6.07, 6.45) is 2.04. The molecular weight excluding hydrogens is 308 g/mol. The maximum Gasteiger partial charge on any atom is 0.288 e. The Morgan fingerprint density at radius 1 is 0.917 bits per heavy atom. The van der Waals surface area contributed by atoms with E-state index in [1.807, 2.05) is 6.07 Å². The normalized spacial score (nSPS) is 11.8. The van der Waals surface area contributed by atoms with Crippen LogP contribution in [-0.4, -0.2) is 17.9 Å². The van der Waals surface area contributed by atoms with Crippen molar-refractivity contribution >= 4 is 11.7 Å². The molecule has 3 aromatic rings. The average molecular weight is 324 g/mol. The lowest BCUT2D eigenvalue weighted by atomic mass is 10.1. The number of rotatable bonds is 7. The number of hydrogen-bond donors (Lipinski definition) is 2. The van der Waals surface area contributed by atoms with Gasteiger partial charge in [-0.3, -0.25) is 14.9 Å². The van der Waals surface area contributed by atoms with Crippen LogP contribution in [0.4, 0.5) is 0 Å². The minimum atomic E-state index is -0.907. The predicted octanol–water partition coefficient (Wildman–Crippen LogP) is 2.60. The van der Waals surface area contributed by atoms with Gasteiger partial charge in [0.05, 0.1) is 19.1 Å². The minimum absolute atomic E-state index is 0.140. The second-order valence-electron chi connectivity index (χ2n) is 5.07. The minimum Gasteiger partial charge on any atom is -0.468 e. The highest BCUT2D eigenvalue weighted by atomic mass is 16.3. The fraction of sp³-hybridized carbons (Fsp3) is 0.111. The number of amides is 1. The zero-order chi connectivity index (χ0) is 16.8. The van der Waals surface area contributed by atoms with E-state index in [9.17, 15) is 9.59 Å². The molecule has 6 nitrogen and oxygen atoms in total. The van der Waals surface area contributed by atoms with Crippen LogP contribution in [0.2, 0.25) is 0 Å². The molecule has 0 fully saturated rings. The Balaban J connectivity index is 1.74. The fourth-order valence-corrected chi connectivity index (χ4v) is 2.20. The molecule has 0 bridgehead atoms. The van der Waals surface area contributed by atoms with Crippen molar-refractivity contribution in [1.29, 1.82) is 0 Å². The number of nitrogens with one attached hydrogen (secondary N) is 2. The fourth-order valence-electron chi connectivity index (χ4n) is 2.20. The summed E-state index contributed by atoms with van der Waals surface area (Å²) in [6, 6.07) is 15.4. The number of hydrogen-bond acceptors (Lipinski definition) is 5. The van der Waals surface area contributed by atoms with E-state index < -0.39 is 12.1 Å². The lowest BCUT2D eigenvalue weighted by molar-refractivity contribution is 0.0820. The van der Waals surface area contributed by atoms with Gasteiger partial charge >= 0.3 is 0 Å². The van der Waals surface area contributed by atoms with Crippen LogP contribution in [0.1, 0.15) is 26.7 Å². The first-order valence-corrected chi connectivity index (χ1v) is 7.43. The van der Waals surface area contributed by atoms with Gasteiger partial charge in [-0.25, -0.2) is 0 Å². The third kappa shape index (κ3) is 3.80. The van der Waals surface area contributed by atoms with Gasteiger partial charge in [0.15, 0.2) is 11.5 Å². The molecule has 0 aliphatic heterocycles. The molecule has 0 saturated carbocycles. The summed E-state index contributed by atoms with van der Waals surface area (Å²) in [5, 5.41) is 5.64. The Labute approximate surface area is 138 Å². The number of carbonyl (C=O) groups is 2. The lowest BCUT2D eigenvalue weighted by Gasteiger charge is -2.18. The van der Waals surface area contributed by atoms with Gasteiger partial charge in [-0.05, 0) is 24.3 Å². The van der Waals surface area contributed by atoms with Gasteiger partial charge < -0.3 is 14.2 Å². The topological polar surface area (TPSA) is 84.5 Å².